The summed E-state index contributed by atoms with van der Waals surface area (Å²) >= 11 is 0. The maximum Gasteiger partial charge on any atom is 0.118 e. The molecule has 0 saturated carbocycles. The van der Waals surface area contributed by atoms with Crippen molar-refractivity contribution in [1.82, 2.24) is 4.98 Å². The van der Waals surface area contributed by atoms with E-state index >= 15 is 0 Å². The molecule has 4 rings (SSSR count). The summed E-state index contributed by atoms with van der Waals surface area (Å²) in [6.07, 6.45) is 0. The Bertz CT molecular complexity index is 984. The van der Waals surface area contributed by atoms with Crippen LogP contribution in [0.4, 0.5) is 0 Å². The third-order valence-electron chi connectivity index (χ3n) is 4.81. The van der Waals surface area contributed by atoms with Crippen LogP contribution in [0.5, 0.6) is 5.75 Å². The molecule has 0 saturated heterocycles. The van der Waals surface area contributed by atoms with Crippen LogP contribution in [0.2, 0.25) is 0 Å². The second-order valence-corrected chi connectivity index (χ2v) is 6.33. The predicted molar refractivity (Wildman–Crippen MR) is 103 cm³/mol. The Hall–Kier alpha value is -3.00. The molecule has 0 amide bonds. The highest BCUT2D eigenvalue weighted by Gasteiger charge is 2.22. The van der Waals surface area contributed by atoms with Crippen LogP contribution in [-0.2, 0) is 0 Å². The molecule has 1 heterocycles. The van der Waals surface area contributed by atoms with Gasteiger partial charge in [-0.05, 0) is 41.8 Å². The zero-order chi connectivity index (χ0) is 17.2. The number of methoxy groups -OCH3 is 1. The first kappa shape index (κ1) is 15.5. The molecule has 0 spiro atoms. The van der Waals surface area contributed by atoms with E-state index in [1.807, 2.05) is 12.1 Å². The Labute approximate surface area is 148 Å². The summed E-state index contributed by atoms with van der Waals surface area (Å²) in [7, 11) is 1.70. The number of benzene rings is 3. The van der Waals surface area contributed by atoms with Crippen molar-refractivity contribution in [3.05, 3.63) is 101 Å². The summed E-state index contributed by atoms with van der Waals surface area (Å²) < 4.78 is 5.33. The number of H-pyrrole nitrogens is 1. The summed E-state index contributed by atoms with van der Waals surface area (Å²) in [6, 6.07) is 27.6. The monoisotopic (exact) mass is 327 g/mol. The fourth-order valence-corrected chi connectivity index (χ4v) is 3.64. The van der Waals surface area contributed by atoms with E-state index in [-0.39, 0.29) is 5.92 Å². The van der Waals surface area contributed by atoms with Crippen molar-refractivity contribution in [3.63, 3.8) is 0 Å². The average Bonchev–Trinajstić information content (AvgIpc) is 3.00. The first-order valence-corrected chi connectivity index (χ1v) is 8.54. The molecule has 1 atom stereocenters. The Morgan fingerprint density at radius 3 is 2.12 bits per heavy atom. The third kappa shape index (κ3) is 2.80. The maximum absolute atomic E-state index is 5.33. The molecule has 25 heavy (non-hydrogen) atoms. The van der Waals surface area contributed by atoms with E-state index in [4.69, 9.17) is 4.74 Å². The minimum atomic E-state index is 0.184. The highest BCUT2D eigenvalue weighted by molar-refractivity contribution is 5.86. The topological polar surface area (TPSA) is 25.0 Å². The molecule has 2 heteroatoms. The van der Waals surface area contributed by atoms with Gasteiger partial charge in [0.25, 0.3) is 0 Å². The van der Waals surface area contributed by atoms with E-state index in [9.17, 15) is 0 Å². The van der Waals surface area contributed by atoms with Gasteiger partial charge in [0.05, 0.1) is 7.11 Å². The van der Waals surface area contributed by atoms with E-state index in [2.05, 4.69) is 78.6 Å². The van der Waals surface area contributed by atoms with Crippen LogP contribution in [0.15, 0.2) is 78.9 Å². The summed E-state index contributed by atoms with van der Waals surface area (Å²) in [5.41, 5.74) is 6.29. The molecule has 4 aromatic rings. The number of aromatic amines is 1. The summed E-state index contributed by atoms with van der Waals surface area (Å²) in [6.45, 7) is 2.16. The van der Waals surface area contributed by atoms with Gasteiger partial charge in [-0.25, -0.2) is 0 Å². The lowest BCUT2D eigenvalue weighted by Crippen LogP contribution is -2.04. The first-order chi connectivity index (χ1) is 12.3. The lowest BCUT2D eigenvalue weighted by Gasteiger charge is -2.19. The number of ether oxygens (including phenoxy) is 1. The van der Waals surface area contributed by atoms with Crippen LogP contribution < -0.4 is 4.74 Å². The van der Waals surface area contributed by atoms with Crippen molar-refractivity contribution < 1.29 is 4.74 Å². The molecule has 0 radical (unpaired) electrons. The molecular formula is C23H21NO. The number of aryl methyl sites for hydroxylation is 1. The van der Waals surface area contributed by atoms with E-state index in [0.29, 0.717) is 0 Å². The van der Waals surface area contributed by atoms with E-state index < -0.39 is 0 Å². The highest BCUT2D eigenvalue weighted by atomic mass is 16.5. The zero-order valence-electron chi connectivity index (χ0n) is 14.5. The summed E-state index contributed by atoms with van der Waals surface area (Å²) in [4.78, 5) is 3.54. The molecular weight excluding hydrogens is 306 g/mol. The van der Waals surface area contributed by atoms with Gasteiger partial charge >= 0.3 is 0 Å². The normalized spacial score (nSPS) is 12.2. The lowest BCUT2D eigenvalue weighted by molar-refractivity contribution is 0.414. The summed E-state index contributed by atoms with van der Waals surface area (Å²) in [5.74, 6) is 1.06. The standard InChI is InChI=1S/C23H21NO/c1-16-22(20-10-6-7-11-21(20)24-16)23(17-8-4-3-5-9-17)18-12-14-19(25-2)15-13-18/h3-15,23-24H,1-2H3. The van der Waals surface area contributed by atoms with E-state index in [1.54, 1.807) is 7.11 Å². The lowest BCUT2D eigenvalue weighted by atomic mass is 9.83. The van der Waals surface area contributed by atoms with Crippen molar-refractivity contribution >= 4 is 10.9 Å². The van der Waals surface area contributed by atoms with Crippen molar-refractivity contribution in [2.75, 3.05) is 7.11 Å². The number of fused-ring (bicyclic) bond motifs is 1. The second-order valence-electron chi connectivity index (χ2n) is 6.33. The fourth-order valence-electron chi connectivity index (χ4n) is 3.64. The number of nitrogens with one attached hydrogen (secondary N) is 1. The number of hydrogen-bond acceptors (Lipinski definition) is 1. The van der Waals surface area contributed by atoms with Gasteiger partial charge in [0.2, 0.25) is 0 Å². The molecule has 0 bridgehead atoms. The Kier molecular flexibility index (Phi) is 4.02. The average molecular weight is 327 g/mol. The Balaban J connectivity index is 1.95. The summed E-state index contributed by atoms with van der Waals surface area (Å²) in [5, 5.41) is 1.28. The van der Waals surface area contributed by atoms with Gasteiger partial charge in [0.15, 0.2) is 0 Å². The van der Waals surface area contributed by atoms with Crippen molar-refractivity contribution in [3.8, 4) is 5.75 Å². The van der Waals surface area contributed by atoms with Gasteiger partial charge in [-0.1, -0.05) is 60.7 Å². The van der Waals surface area contributed by atoms with Gasteiger partial charge in [0, 0.05) is 22.5 Å². The smallest absolute Gasteiger partial charge is 0.118 e. The molecule has 1 unspecified atom stereocenters. The van der Waals surface area contributed by atoms with E-state index in [0.717, 1.165) is 5.75 Å². The molecule has 124 valence electrons. The number of para-hydroxylation sites is 1. The van der Waals surface area contributed by atoms with Gasteiger partial charge in [-0.3, -0.25) is 0 Å². The molecule has 2 nitrogen and oxygen atoms in total. The van der Waals surface area contributed by atoms with Crippen molar-refractivity contribution in [2.24, 2.45) is 0 Å². The van der Waals surface area contributed by atoms with Gasteiger partial charge in [0.1, 0.15) is 5.75 Å². The first-order valence-electron chi connectivity index (χ1n) is 8.54. The fraction of sp³-hybridized carbons (Fsp3) is 0.130. The van der Waals surface area contributed by atoms with Crippen LogP contribution in [0.3, 0.4) is 0 Å². The third-order valence-corrected chi connectivity index (χ3v) is 4.81. The van der Waals surface area contributed by atoms with Crippen LogP contribution in [-0.4, -0.2) is 12.1 Å². The minimum Gasteiger partial charge on any atom is -0.497 e. The second kappa shape index (κ2) is 6.48. The Morgan fingerprint density at radius 1 is 0.760 bits per heavy atom. The van der Waals surface area contributed by atoms with Crippen LogP contribution >= 0.6 is 0 Å². The largest absolute Gasteiger partial charge is 0.497 e. The molecule has 1 aromatic heterocycles. The SMILES string of the molecule is COc1ccc(C(c2ccccc2)c2c(C)[nH]c3ccccc23)cc1. The maximum atomic E-state index is 5.33. The predicted octanol–water partition coefficient (Wildman–Crippen LogP) is 5.67. The molecule has 1 N–H and O–H groups in total. The number of hydrogen-bond donors (Lipinski definition) is 1. The van der Waals surface area contributed by atoms with Crippen molar-refractivity contribution in [1.29, 1.82) is 0 Å². The quantitative estimate of drug-likeness (QED) is 0.513. The zero-order valence-corrected chi connectivity index (χ0v) is 14.5. The van der Waals surface area contributed by atoms with Crippen molar-refractivity contribution in [2.45, 2.75) is 12.8 Å². The molecule has 0 aliphatic carbocycles. The van der Waals surface area contributed by atoms with Crippen LogP contribution in [0.1, 0.15) is 28.3 Å². The number of aromatic nitrogens is 1. The Morgan fingerprint density at radius 2 is 1.40 bits per heavy atom. The van der Waals surface area contributed by atoms with Crippen LogP contribution in [0, 0.1) is 6.92 Å². The number of rotatable bonds is 4. The van der Waals surface area contributed by atoms with Crippen LogP contribution in [0.25, 0.3) is 10.9 Å². The minimum absolute atomic E-state index is 0.184. The highest BCUT2D eigenvalue weighted by Crippen LogP contribution is 2.38. The molecule has 0 aliphatic rings. The van der Waals surface area contributed by atoms with Gasteiger partial charge in [-0.2, -0.15) is 0 Å². The van der Waals surface area contributed by atoms with Gasteiger partial charge < -0.3 is 9.72 Å². The van der Waals surface area contributed by atoms with Gasteiger partial charge in [-0.15, -0.1) is 0 Å². The molecule has 3 aromatic carbocycles. The van der Waals surface area contributed by atoms with E-state index in [1.165, 1.54) is 33.3 Å². The molecule has 0 fully saturated rings. The molecule has 0 aliphatic heterocycles.